The van der Waals surface area contributed by atoms with Crippen molar-refractivity contribution >= 4 is 12.1 Å². The highest BCUT2D eigenvalue weighted by molar-refractivity contribution is 5.86. The molecule has 6 nitrogen and oxygen atoms in total. The van der Waals surface area contributed by atoms with E-state index in [-0.39, 0.29) is 12.4 Å². The fraction of sp³-hybridized carbons (Fsp3) is 0.222. The standard InChI is InChI=1S/C18H20N2O4/c1-12-7-8-13(2)16(9-12)24-11-17(21)20-19-10-14-5-4-6-15(23-3)18(14)22/h4-10,22H,11H2,1-3H3,(H,20,21). The maximum Gasteiger partial charge on any atom is 0.277 e. The third-order valence-corrected chi connectivity index (χ3v) is 3.35. The van der Waals surface area contributed by atoms with E-state index in [0.717, 1.165) is 11.1 Å². The van der Waals surface area contributed by atoms with Crippen LogP contribution in [0, 0.1) is 13.8 Å². The number of nitrogens with zero attached hydrogens (tertiary/aromatic N) is 1. The summed E-state index contributed by atoms with van der Waals surface area (Å²) in [5.74, 6) is 0.572. The van der Waals surface area contributed by atoms with Crippen molar-refractivity contribution in [1.82, 2.24) is 5.43 Å². The number of rotatable bonds is 6. The Morgan fingerprint density at radius 1 is 1.25 bits per heavy atom. The van der Waals surface area contributed by atoms with Gasteiger partial charge in [0.2, 0.25) is 0 Å². The summed E-state index contributed by atoms with van der Waals surface area (Å²) in [5, 5.41) is 13.7. The quantitative estimate of drug-likeness (QED) is 0.631. The fourth-order valence-corrected chi connectivity index (χ4v) is 2.02. The molecular formula is C18H20N2O4. The van der Waals surface area contributed by atoms with Gasteiger partial charge in [-0.3, -0.25) is 4.79 Å². The Labute approximate surface area is 140 Å². The van der Waals surface area contributed by atoms with Crippen molar-refractivity contribution in [3.8, 4) is 17.2 Å². The summed E-state index contributed by atoms with van der Waals surface area (Å²) < 4.78 is 10.5. The first-order chi connectivity index (χ1) is 11.5. The first kappa shape index (κ1) is 17.3. The molecule has 0 fully saturated rings. The molecule has 0 saturated carbocycles. The van der Waals surface area contributed by atoms with Gasteiger partial charge in [0.15, 0.2) is 18.1 Å². The molecule has 2 rings (SSSR count). The molecule has 24 heavy (non-hydrogen) atoms. The number of aryl methyl sites for hydroxylation is 2. The zero-order valence-corrected chi connectivity index (χ0v) is 13.9. The normalized spacial score (nSPS) is 10.6. The van der Waals surface area contributed by atoms with Gasteiger partial charge in [-0.25, -0.2) is 5.43 Å². The molecule has 0 aliphatic heterocycles. The van der Waals surface area contributed by atoms with Crippen LogP contribution in [0.25, 0.3) is 0 Å². The van der Waals surface area contributed by atoms with Gasteiger partial charge in [0.25, 0.3) is 5.91 Å². The zero-order chi connectivity index (χ0) is 17.5. The zero-order valence-electron chi connectivity index (χ0n) is 13.9. The van der Waals surface area contributed by atoms with E-state index in [1.54, 1.807) is 18.2 Å². The molecule has 0 aromatic heterocycles. The average molecular weight is 328 g/mol. The molecule has 6 heteroatoms. The van der Waals surface area contributed by atoms with E-state index in [1.807, 2.05) is 32.0 Å². The average Bonchev–Trinajstić information content (AvgIpc) is 2.57. The SMILES string of the molecule is COc1cccc(C=NNC(=O)COc2cc(C)ccc2C)c1O. The van der Waals surface area contributed by atoms with Gasteiger partial charge in [-0.2, -0.15) is 5.10 Å². The van der Waals surface area contributed by atoms with Crippen LogP contribution in [-0.2, 0) is 4.79 Å². The lowest BCUT2D eigenvalue weighted by molar-refractivity contribution is -0.123. The van der Waals surface area contributed by atoms with E-state index in [2.05, 4.69) is 10.5 Å². The topological polar surface area (TPSA) is 80.2 Å². The van der Waals surface area contributed by atoms with Crippen molar-refractivity contribution < 1.29 is 19.4 Å². The lowest BCUT2D eigenvalue weighted by Gasteiger charge is -2.09. The molecular weight excluding hydrogens is 308 g/mol. The van der Waals surface area contributed by atoms with E-state index >= 15 is 0 Å². The molecule has 0 unspecified atom stereocenters. The van der Waals surface area contributed by atoms with Crippen molar-refractivity contribution in [2.45, 2.75) is 13.8 Å². The number of para-hydroxylation sites is 1. The van der Waals surface area contributed by atoms with Gasteiger partial charge >= 0.3 is 0 Å². The van der Waals surface area contributed by atoms with Crippen molar-refractivity contribution in [2.75, 3.05) is 13.7 Å². The lowest BCUT2D eigenvalue weighted by atomic mass is 10.1. The summed E-state index contributed by atoms with van der Waals surface area (Å²) in [7, 11) is 1.46. The highest BCUT2D eigenvalue weighted by Gasteiger charge is 2.06. The minimum absolute atomic E-state index is 0.0374. The number of ether oxygens (including phenoxy) is 2. The van der Waals surface area contributed by atoms with E-state index in [0.29, 0.717) is 17.1 Å². The predicted molar refractivity (Wildman–Crippen MR) is 91.8 cm³/mol. The Morgan fingerprint density at radius 3 is 2.79 bits per heavy atom. The third kappa shape index (κ3) is 4.49. The number of methoxy groups -OCH3 is 1. The molecule has 2 aromatic rings. The first-order valence-electron chi connectivity index (χ1n) is 7.39. The Bertz CT molecular complexity index is 757. The van der Waals surface area contributed by atoms with Gasteiger partial charge in [-0.05, 0) is 43.2 Å². The molecule has 0 spiro atoms. The number of phenols is 1. The Hall–Kier alpha value is -3.02. The maximum atomic E-state index is 11.8. The van der Waals surface area contributed by atoms with Crippen molar-refractivity contribution in [1.29, 1.82) is 0 Å². The number of hydrazone groups is 1. The third-order valence-electron chi connectivity index (χ3n) is 3.35. The van der Waals surface area contributed by atoms with Crippen LogP contribution < -0.4 is 14.9 Å². The van der Waals surface area contributed by atoms with Crippen LogP contribution >= 0.6 is 0 Å². The molecule has 0 heterocycles. The molecule has 2 aromatic carbocycles. The molecule has 0 bridgehead atoms. The van der Waals surface area contributed by atoms with Gasteiger partial charge in [-0.1, -0.05) is 18.2 Å². The Kier molecular flexibility index (Phi) is 5.78. The van der Waals surface area contributed by atoms with E-state index < -0.39 is 5.91 Å². The van der Waals surface area contributed by atoms with Crippen molar-refractivity contribution in [3.63, 3.8) is 0 Å². The number of hydrogen-bond donors (Lipinski definition) is 2. The van der Waals surface area contributed by atoms with Gasteiger partial charge in [-0.15, -0.1) is 0 Å². The molecule has 0 aliphatic rings. The highest BCUT2D eigenvalue weighted by atomic mass is 16.5. The summed E-state index contributed by atoms with van der Waals surface area (Å²) in [4.78, 5) is 11.8. The van der Waals surface area contributed by atoms with Crippen LogP contribution in [0.4, 0.5) is 0 Å². The second-order valence-electron chi connectivity index (χ2n) is 5.25. The van der Waals surface area contributed by atoms with Crippen LogP contribution in [0.5, 0.6) is 17.2 Å². The monoisotopic (exact) mass is 328 g/mol. The van der Waals surface area contributed by atoms with Crippen LogP contribution in [0.3, 0.4) is 0 Å². The second-order valence-corrected chi connectivity index (χ2v) is 5.25. The molecule has 0 atom stereocenters. The van der Waals surface area contributed by atoms with E-state index in [9.17, 15) is 9.90 Å². The van der Waals surface area contributed by atoms with Gasteiger partial charge in [0.1, 0.15) is 5.75 Å². The largest absolute Gasteiger partial charge is 0.504 e. The molecule has 0 saturated heterocycles. The predicted octanol–water partition coefficient (Wildman–Crippen LogP) is 2.55. The van der Waals surface area contributed by atoms with Crippen molar-refractivity contribution in [2.24, 2.45) is 5.10 Å². The Balaban J connectivity index is 1.90. The number of carbonyl (C=O) groups is 1. The summed E-state index contributed by atoms with van der Waals surface area (Å²) in [5.41, 5.74) is 4.80. The molecule has 0 radical (unpaired) electrons. The smallest absolute Gasteiger partial charge is 0.277 e. The van der Waals surface area contributed by atoms with Gasteiger partial charge in [0.05, 0.1) is 13.3 Å². The number of phenolic OH excluding ortho intramolecular Hbond substituents is 1. The van der Waals surface area contributed by atoms with Crippen LogP contribution in [0.15, 0.2) is 41.5 Å². The lowest BCUT2D eigenvalue weighted by Crippen LogP contribution is -2.24. The molecule has 126 valence electrons. The number of aromatic hydroxyl groups is 1. The summed E-state index contributed by atoms with van der Waals surface area (Å²) in [6, 6.07) is 10.8. The van der Waals surface area contributed by atoms with Gasteiger partial charge in [0, 0.05) is 5.56 Å². The van der Waals surface area contributed by atoms with Gasteiger partial charge < -0.3 is 14.6 Å². The number of nitrogens with one attached hydrogen (secondary N) is 1. The second kappa shape index (κ2) is 8.01. The van der Waals surface area contributed by atoms with E-state index in [4.69, 9.17) is 9.47 Å². The van der Waals surface area contributed by atoms with Crippen LogP contribution in [-0.4, -0.2) is 30.9 Å². The van der Waals surface area contributed by atoms with Crippen molar-refractivity contribution in [3.05, 3.63) is 53.1 Å². The number of amides is 1. The van der Waals surface area contributed by atoms with E-state index in [1.165, 1.54) is 13.3 Å². The summed E-state index contributed by atoms with van der Waals surface area (Å²) >= 11 is 0. The van der Waals surface area contributed by atoms with Crippen LogP contribution in [0.2, 0.25) is 0 Å². The Morgan fingerprint density at radius 2 is 2.04 bits per heavy atom. The fourth-order valence-electron chi connectivity index (χ4n) is 2.02. The highest BCUT2D eigenvalue weighted by Crippen LogP contribution is 2.27. The number of carbonyl (C=O) groups excluding carboxylic acids is 1. The summed E-state index contributed by atoms with van der Waals surface area (Å²) in [6.07, 6.45) is 1.34. The molecule has 1 amide bonds. The maximum absolute atomic E-state index is 11.8. The molecule has 0 aliphatic carbocycles. The molecule has 2 N–H and O–H groups in total. The number of benzene rings is 2. The minimum atomic E-state index is -0.394. The van der Waals surface area contributed by atoms with Crippen LogP contribution in [0.1, 0.15) is 16.7 Å². The number of hydrogen-bond acceptors (Lipinski definition) is 5. The summed E-state index contributed by atoms with van der Waals surface area (Å²) in [6.45, 7) is 3.72. The minimum Gasteiger partial charge on any atom is -0.504 e. The first-order valence-corrected chi connectivity index (χ1v) is 7.39.